The number of amides is 5. The molecule has 0 bridgehead atoms. The summed E-state index contributed by atoms with van der Waals surface area (Å²) in [4.78, 5) is 84.7. The zero-order chi connectivity index (χ0) is 41.7. The maximum atomic E-state index is 14.7. The van der Waals surface area contributed by atoms with Crippen LogP contribution in [-0.2, 0) is 49.9 Å². The first-order valence-corrected chi connectivity index (χ1v) is 20.5. The van der Waals surface area contributed by atoms with Crippen LogP contribution in [0.1, 0.15) is 111 Å². The van der Waals surface area contributed by atoms with Gasteiger partial charge in [0.1, 0.15) is 18.7 Å². The van der Waals surface area contributed by atoms with E-state index in [2.05, 4.69) is 22.0 Å². The molecule has 1 fully saturated rings. The van der Waals surface area contributed by atoms with Crippen molar-refractivity contribution in [3.8, 4) is 0 Å². The van der Waals surface area contributed by atoms with Gasteiger partial charge >= 0.3 is 6.09 Å². The molecule has 308 valence electrons. The number of nitrogens with zero attached hydrogens (tertiary/aromatic N) is 2. The first kappa shape index (κ1) is 42.1. The van der Waals surface area contributed by atoms with Crippen molar-refractivity contribution in [2.75, 3.05) is 6.54 Å². The van der Waals surface area contributed by atoms with E-state index in [4.69, 9.17) is 4.74 Å². The molecule has 3 N–H and O–H groups in total. The SMILES string of the molecule is CC[C@@H](C)C(=O)N[C@H](C(=O)N1Cc2cc(C(=O)NC3C[C@@H](C(C)=O)N(C(=O)OCc4ccccc4)C3)ccc2C[C@H]1C(=O)NC1CCCc2ccccc21)C(C)(C)C. The molecule has 2 unspecified atom stereocenters. The average molecular weight is 792 g/mol. The Labute approximate surface area is 341 Å². The Morgan fingerprint density at radius 2 is 1.59 bits per heavy atom. The molecule has 3 aromatic rings. The third kappa shape index (κ3) is 9.60. The molecule has 5 amide bonds. The topological polar surface area (TPSA) is 154 Å². The number of ketones is 1. The van der Waals surface area contributed by atoms with Gasteiger partial charge in [0.25, 0.3) is 5.91 Å². The number of Topliss-reactive ketones (excluding diaryl/α,β-unsaturated/α-hetero) is 1. The zero-order valence-electron chi connectivity index (χ0n) is 34.5. The van der Waals surface area contributed by atoms with Gasteiger partial charge in [-0.15, -0.1) is 0 Å². The Morgan fingerprint density at radius 1 is 0.862 bits per heavy atom. The summed E-state index contributed by atoms with van der Waals surface area (Å²) >= 11 is 0. The highest BCUT2D eigenvalue weighted by Crippen LogP contribution is 2.33. The van der Waals surface area contributed by atoms with Crippen molar-refractivity contribution in [3.05, 3.63) is 106 Å². The van der Waals surface area contributed by atoms with Crippen molar-refractivity contribution in [2.24, 2.45) is 11.3 Å². The largest absolute Gasteiger partial charge is 0.445 e. The Morgan fingerprint density at radius 3 is 2.29 bits per heavy atom. The fraction of sp³-hybridized carbons (Fsp3) is 0.478. The van der Waals surface area contributed by atoms with E-state index in [1.807, 2.05) is 89.2 Å². The van der Waals surface area contributed by atoms with Crippen LogP contribution in [0, 0.1) is 11.3 Å². The van der Waals surface area contributed by atoms with Gasteiger partial charge in [-0.25, -0.2) is 4.79 Å². The molecule has 3 aromatic carbocycles. The average Bonchev–Trinajstić information content (AvgIpc) is 3.65. The van der Waals surface area contributed by atoms with E-state index >= 15 is 0 Å². The van der Waals surface area contributed by atoms with Gasteiger partial charge in [-0.3, -0.25) is 28.9 Å². The summed E-state index contributed by atoms with van der Waals surface area (Å²) in [5, 5.41) is 9.28. The molecule has 6 rings (SSSR count). The second-order valence-corrected chi connectivity index (χ2v) is 17.2. The third-order valence-electron chi connectivity index (χ3n) is 11.9. The molecule has 12 heteroatoms. The van der Waals surface area contributed by atoms with E-state index in [1.54, 1.807) is 17.0 Å². The van der Waals surface area contributed by atoms with E-state index < -0.39 is 41.6 Å². The molecular formula is C46H57N5O7. The minimum atomic E-state index is -0.911. The summed E-state index contributed by atoms with van der Waals surface area (Å²) in [5.74, 6) is -1.76. The Kier molecular flexibility index (Phi) is 13.0. The summed E-state index contributed by atoms with van der Waals surface area (Å²) in [5.41, 5.74) is 4.33. The van der Waals surface area contributed by atoms with E-state index in [9.17, 15) is 28.8 Å². The van der Waals surface area contributed by atoms with Gasteiger partial charge < -0.3 is 25.6 Å². The predicted molar refractivity (Wildman–Crippen MR) is 219 cm³/mol. The van der Waals surface area contributed by atoms with Gasteiger partial charge in [0.15, 0.2) is 5.78 Å². The van der Waals surface area contributed by atoms with Gasteiger partial charge in [-0.2, -0.15) is 0 Å². The van der Waals surface area contributed by atoms with Crippen molar-refractivity contribution in [1.29, 1.82) is 0 Å². The molecule has 58 heavy (non-hydrogen) atoms. The van der Waals surface area contributed by atoms with Crippen molar-refractivity contribution < 1.29 is 33.5 Å². The molecule has 0 radical (unpaired) electrons. The lowest BCUT2D eigenvalue weighted by Crippen LogP contribution is -2.61. The van der Waals surface area contributed by atoms with Gasteiger partial charge in [-0.1, -0.05) is 95.3 Å². The smallest absolute Gasteiger partial charge is 0.410 e. The van der Waals surface area contributed by atoms with Crippen molar-refractivity contribution in [1.82, 2.24) is 25.8 Å². The maximum Gasteiger partial charge on any atom is 0.410 e. The van der Waals surface area contributed by atoms with Crippen molar-refractivity contribution in [3.63, 3.8) is 0 Å². The van der Waals surface area contributed by atoms with Gasteiger partial charge in [0, 0.05) is 37.0 Å². The van der Waals surface area contributed by atoms with Crippen LogP contribution in [0.3, 0.4) is 0 Å². The minimum absolute atomic E-state index is 0.0529. The molecule has 2 heterocycles. The number of carbonyl (C=O) groups is 6. The highest BCUT2D eigenvalue weighted by Gasteiger charge is 2.44. The summed E-state index contributed by atoms with van der Waals surface area (Å²) in [6.07, 6.45) is 3.12. The number of nitrogens with one attached hydrogen (secondary N) is 3. The molecule has 3 aliphatic rings. The highest BCUT2D eigenvalue weighted by atomic mass is 16.6. The van der Waals surface area contributed by atoms with Gasteiger partial charge in [-0.05, 0) is 84.4 Å². The fourth-order valence-corrected chi connectivity index (χ4v) is 8.25. The number of fused-ring (bicyclic) bond motifs is 2. The summed E-state index contributed by atoms with van der Waals surface area (Å²) in [6, 6.07) is 19.5. The Bertz CT molecular complexity index is 2030. The van der Waals surface area contributed by atoms with Crippen LogP contribution in [0.25, 0.3) is 0 Å². The lowest BCUT2D eigenvalue weighted by molar-refractivity contribution is -0.147. The van der Waals surface area contributed by atoms with Crippen LogP contribution in [0.2, 0.25) is 0 Å². The quantitative estimate of drug-likeness (QED) is 0.222. The van der Waals surface area contributed by atoms with E-state index in [0.717, 1.165) is 36.0 Å². The number of hydrogen-bond acceptors (Lipinski definition) is 7. The van der Waals surface area contributed by atoms with Crippen LogP contribution in [-0.4, -0.2) is 76.0 Å². The normalized spacial score (nSPS) is 21.1. The number of likely N-dealkylation sites (tertiary alicyclic amines) is 1. The molecule has 1 saturated heterocycles. The number of aryl methyl sites for hydroxylation is 1. The van der Waals surface area contributed by atoms with Crippen LogP contribution >= 0.6 is 0 Å². The molecule has 12 nitrogen and oxygen atoms in total. The number of rotatable bonds is 11. The second kappa shape index (κ2) is 18.0. The standard InChI is InChI=1S/C46H57N5O7/c1-7-28(2)41(53)49-40(46(4,5)6)44(56)50-25-34-22-33(21-20-32(34)23-39(50)43(55)48-37-19-13-17-31-16-11-12-18-36(31)37)42(54)47-35-24-38(29(3)52)51(26-35)45(57)58-27-30-14-9-8-10-15-30/h8-12,14-16,18,20-22,28,35,37-40H,7,13,17,19,23-27H2,1-6H3,(H,47,54)(H,48,55)(H,49,53)/t28-,35?,37?,38+,39+,40-/m1/s1. The van der Waals surface area contributed by atoms with Crippen LogP contribution in [0.4, 0.5) is 4.79 Å². The van der Waals surface area contributed by atoms with Crippen molar-refractivity contribution in [2.45, 2.75) is 123 Å². The van der Waals surface area contributed by atoms with Gasteiger partial charge in [0.05, 0.1) is 12.1 Å². The van der Waals surface area contributed by atoms with Crippen molar-refractivity contribution >= 4 is 35.5 Å². The monoisotopic (exact) mass is 791 g/mol. The van der Waals surface area contributed by atoms with E-state index in [-0.39, 0.29) is 68.0 Å². The Hall–Kier alpha value is -5.52. The molecule has 0 spiro atoms. The molecule has 0 aromatic heterocycles. The van der Waals surface area contributed by atoms with E-state index in [1.165, 1.54) is 17.4 Å². The summed E-state index contributed by atoms with van der Waals surface area (Å²) in [7, 11) is 0. The second-order valence-electron chi connectivity index (χ2n) is 17.2. The maximum absolute atomic E-state index is 14.7. The fourth-order valence-electron chi connectivity index (χ4n) is 8.25. The van der Waals surface area contributed by atoms with E-state index in [0.29, 0.717) is 17.5 Å². The number of hydrogen-bond donors (Lipinski definition) is 3. The van der Waals surface area contributed by atoms with Crippen LogP contribution < -0.4 is 16.0 Å². The lowest BCUT2D eigenvalue weighted by atomic mass is 9.83. The number of ether oxygens (including phenoxy) is 1. The molecule has 6 atom stereocenters. The predicted octanol–water partition coefficient (Wildman–Crippen LogP) is 5.81. The molecule has 2 aliphatic heterocycles. The first-order chi connectivity index (χ1) is 27.6. The molecule has 1 aliphatic carbocycles. The molecule has 0 saturated carbocycles. The summed E-state index contributed by atoms with van der Waals surface area (Å²) in [6.45, 7) is 11.1. The van der Waals surface area contributed by atoms with Crippen LogP contribution in [0.15, 0.2) is 72.8 Å². The van der Waals surface area contributed by atoms with Crippen LogP contribution in [0.5, 0.6) is 0 Å². The third-order valence-corrected chi connectivity index (χ3v) is 11.9. The highest BCUT2D eigenvalue weighted by molar-refractivity contribution is 5.96. The Balaban J connectivity index is 1.22. The molecular weight excluding hydrogens is 735 g/mol. The first-order valence-electron chi connectivity index (χ1n) is 20.5. The minimum Gasteiger partial charge on any atom is -0.445 e. The lowest BCUT2D eigenvalue weighted by Gasteiger charge is -2.42. The summed E-state index contributed by atoms with van der Waals surface area (Å²) < 4.78 is 5.52. The van der Waals surface area contributed by atoms with Gasteiger partial charge in [0.2, 0.25) is 17.7 Å². The number of carbonyl (C=O) groups excluding carboxylic acids is 6. The zero-order valence-corrected chi connectivity index (χ0v) is 34.5. The number of benzene rings is 3.